The lowest BCUT2D eigenvalue weighted by atomic mass is 9.97. The molecule has 0 amide bonds. The van der Waals surface area contributed by atoms with E-state index in [1.54, 1.807) is 0 Å². The first-order valence-electron chi connectivity index (χ1n) is 6.72. The maximum Gasteiger partial charge on any atom is 0.0236 e. The molecular weight excluding hydrogens is 206 g/mol. The van der Waals surface area contributed by atoms with Gasteiger partial charge in [0, 0.05) is 13.1 Å². The number of likely N-dealkylation sites (N-methyl/N-ethyl adjacent to an activating group) is 1. The molecule has 0 fully saturated rings. The fourth-order valence-corrected chi connectivity index (χ4v) is 2.37. The van der Waals surface area contributed by atoms with Crippen molar-refractivity contribution in [2.24, 2.45) is 0 Å². The van der Waals surface area contributed by atoms with Crippen LogP contribution in [0.4, 0.5) is 0 Å². The van der Waals surface area contributed by atoms with Crippen LogP contribution in [0.5, 0.6) is 0 Å². The Morgan fingerprint density at radius 2 is 1.88 bits per heavy atom. The summed E-state index contributed by atoms with van der Waals surface area (Å²) in [6.07, 6.45) is 3.59. The first-order valence-corrected chi connectivity index (χ1v) is 6.72. The molecule has 0 aliphatic carbocycles. The molecule has 17 heavy (non-hydrogen) atoms. The van der Waals surface area contributed by atoms with E-state index in [9.17, 15) is 0 Å². The number of benzene rings is 1. The molecule has 2 rings (SSSR count). The minimum absolute atomic E-state index is 0.622. The van der Waals surface area contributed by atoms with Crippen molar-refractivity contribution < 1.29 is 0 Å². The Labute approximate surface area is 105 Å². The molecule has 0 spiro atoms. The van der Waals surface area contributed by atoms with Crippen molar-refractivity contribution in [3.8, 4) is 0 Å². The van der Waals surface area contributed by atoms with Crippen LogP contribution in [0.1, 0.15) is 44.2 Å². The molecule has 1 aromatic carbocycles. The molecule has 0 radical (unpaired) electrons. The van der Waals surface area contributed by atoms with E-state index in [0.29, 0.717) is 5.92 Å². The molecule has 0 atom stereocenters. The number of rotatable bonds is 3. The van der Waals surface area contributed by atoms with E-state index in [1.165, 1.54) is 29.7 Å². The highest BCUT2D eigenvalue weighted by Crippen LogP contribution is 2.23. The molecule has 0 aromatic heterocycles. The molecule has 0 bridgehead atoms. The standard InChI is InChI=1S/C16H23N/c1-4-17-11-5-6-16(12-17)15-9-7-14(8-10-15)13(2)3/h6-10,13H,4-5,11-12H2,1-3H3. The largest absolute Gasteiger partial charge is 0.299 e. The van der Waals surface area contributed by atoms with Crippen LogP contribution in [0.15, 0.2) is 30.3 Å². The van der Waals surface area contributed by atoms with Crippen molar-refractivity contribution in [1.82, 2.24) is 4.90 Å². The van der Waals surface area contributed by atoms with Crippen LogP contribution in [-0.2, 0) is 0 Å². The van der Waals surface area contributed by atoms with Gasteiger partial charge >= 0.3 is 0 Å². The van der Waals surface area contributed by atoms with E-state index in [-0.39, 0.29) is 0 Å². The summed E-state index contributed by atoms with van der Waals surface area (Å²) in [6.45, 7) is 10.2. The smallest absolute Gasteiger partial charge is 0.0236 e. The Hall–Kier alpha value is -1.08. The minimum Gasteiger partial charge on any atom is -0.299 e. The summed E-state index contributed by atoms with van der Waals surface area (Å²) < 4.78 is 0. The van der Waals surface area contributed by atoms with Gasteiger partial charge in [-0.15, -0.1) is 0 Å². The molecule has 0 unspecified atom stereocenters. The molecule has 0 saturated carbocycles. The van der Waals surface area contributed by atoms with Crippen LogP contribution in [0.25, 0.3) is 5.57 Å². The summed E-state index contributed by atoms with van der Waals surface area (Å²) in [4.78, 5) is 2.51. The highest BCUT2D eigenvalue weighted by molar-refractivity contribution is 5.67. The van der Waals surface area contributed by atoms with Gasteiger partial charge in [0.15, 0.2) is 0 Å². The average Bonchev–Trinajstić information content (AvgIpc) is 2.39. The fraction of sp³-hybridized carbons (Fsp3) is 0.500. The van der Waals surface area contributed by atoms with E-state index in [1.807, 2.05) is 0 Å². The van der Waals surface area contributed by atoms with Crippen molar-refractivity contribution in [2.75, 3.05) is 19.6 Å². The zero-order chi connectivity index (χ0) is 12.3. The minimum atomic E-state index is 0.622. The second kappa shape index (κ2) is 5.50. The van der Waals surface area contributed by atoms with Crippen molar-refractivity contribution >= 4 is 5.57 Å². The Morgan fingerprint density at radius 3 is 2.47 bits per heavy atom. The quantitative estimate of drug-likeness (QED) is 0.759. The molecule has 0 saturated heterocycles. The molecule has 0 N–H and O–H groups in total. The summed E-state index contributed by atoms with van der Waals surface area (Å²) in [6, 6.07) is 9.10. The topological polar surface area (TPSA) is 3.24 Å². The van der Waals surface area contributed by atoms with Gasteiger partial charge in [-0.05, 0) is 35.6 Å². The summed E-state index contributed by atoms with van der Waals surface area (Å²) in [7, 11) is 0. The van der Waals surface area contributed by atoms with Crippen LogP contribution in [-0.4, -0.2) is 24.5 Å². The number of hydrogen-bond donors (Lipinski definition) is 0. The van der Waals surface area contributed by atoms with Crippen molar-refractivity contribution in [3.05, 3.63) is 41.5 Å². The molecule has 1 aromatic rings. The Morgan fingerprint density at radius 1 is 1.18 bits per heavy atom. The third kappa shape index (κ3) is 2.98. The fourth-order valence-electron chi connectivity index (χ4n) is 2.37. The highest BCUT2D eigenvalue weighted by Gasteiger charge is 2.12. The summed E-state index contributed by atoms with van der Waals surface area (Å²) >= 11 is 0. The SMILES string of the molecule is CCN1CCC=C(c2ccc(C(C)C)cc2)C1. The monoisotopic (exact) mass is 229 g/mol. The van der Waals surface area contributed by atoms with Gasteiger partial charge < -0.3 is 0 Å². The number of nitrogens with zero attached hydrogens (tertiary/aromatic N) is 1. The average molecular weight is 229 g/mol. The van der Waals surface area contributed by atoms with Gasteiger partial charge in [0.2, 0.25) is 0 Å². The first kappa shape index (κ1) is 12.4. The lowest BCUT2D eigenvalue weighted by Crippen LogP contribution is -2.29. The Balaban J connectivity index is 2.14. The molecule has 1 nitrogen and oxygen atoms in total. The second-order valence-electron chi connectivity index (χ2n) is 5.16. The summed E-state index contributed by atoms with van der Waals surface area (Å²) in [5.74, 6) is 0.622. The van der Waals surface area contributed by atoms with E-state index in [4.69, 9.17) is 0 Å². The third-order valence-electron chi connectivity index (χ3n) is 3.63. The first-order chi connectivity index (χ1) is 8.20. The molecule has 92 valence electrons. The molecule has 1 aliphatic heterocycles. The van der Waals surface area contributed by atoms with E-state index in [2.05, 4.69) is 56.0 Å². The van der Waals surface area contributed by atoms with Gasteiger partial charge in [0.1, 0.15) is 0 Å². The third-order valence-corrected chi connectivity index (χ3v) is 3.63. The summed E-state index contributed by atoms with van der Waals surface area (Å²) in [5, 5.41) is 0. The Kier molecular flexibility index (Phi) is 4.01. The lowest BCUT2D eigenvalue weighted by molar-refractivity contribution is 0.321. The van der Waals surface area contributed by atoms with Crippen LogP contribution in [0, 0.1) is 0 Å². The van der Waals surface area contributed by atoms with Crippen molar-refractivity contribution in [2.45, 2.75) is 33.1 Å². The van der Waals surface area contributed by atoms with E-state index < -0.39 is 0 Å². The molecule has 1 heterocycles. The highest BCUT2D eigenvalue weighted by atomic mass is 15.1. The molecule has 1 aliphatic rings. The van der Waals surface area contributed by atoms with Gasteiger partial charge in [-0.25, -0.2) is 0 Å². The maximum atomic E-state index is 2.51. The normalized spacial score (nSPS) is 17.3. The molecular formula is C16H23N. The molecule has 1 heteroatoms. The number of hydrogen-bond acceptors (Lipinski definition) is 1. The van der Waals surface area contributed by atoms with Crippen molar-refractivity contribution in [3.63, 3.8) is 0 Å². The van der Waals surface area contributed by atoms with Crippen LogP contribution in [0.2, 0.25) is 0 Å². The zero-order valence-electron chi connectivity index (χ0n) is 11.2. The summed E-state index contributed by atoms with van der Waals surface area (Å²) in [5.41, 5.74) is 4.32. The van der Waals surface area contributed by atoms with Gasteiger partial charge in [0.05, 0.1) is 0 Å². The predicted octanol–water partition coefficient (Wildman–Crippen LogP) is 3.92. The van der Waals surface area contributed by atoms with Gasteiger partial charge in [-0.3, -0.25) is 4.90 Å². The Bertz CT molecular complexity index is 386. The van der Waals surface area contributed by atoms with Crippen LogP contribution in [0.3, 0.4) is 0 Å². The van der Waals surface area contributed by atoms with Crippen molar-refractivity contribution in [1.29, 1.82) is 0 Å². The maximum absolute atomic E-state index is 2.51. The van der Waals surface area contributed by atoms with Crippen LogP contribution < -0.4 is 0 Å². The lowest BCUT2D eigenvalue weighted by Gasteiger charge is -2.26. The van der Waals surface area contributed by atoms with Gasteiger partial charge in [0.25, 0.3) is 0 Å². The predicted molar refractivity (Wildman–Crippen MR) is 75.2 cm³/mol. The van der Waals surface area contributed by atoms with E-state index >= 15 is 0 Å². The zero-order valence-corrected chi connectivity index (χ0v) is 11.2. The van der Waals surface area contributed by atoms with Gasteiger partial charge in [-0.1, -0.05) is 51.1 Å². The van der Waals surface area contributed by atoms with E-state index in [0.717, 1.165) is 13.1 Å². The second-order valence-corrected chi connectivity index (χ2v) is 5.16. The van der Waals surface area contributed by atoms with Crippen LogP contribution >= 0.6 is 0 Å². The van der Waals surface area contributed by atoms with Gasteiger partial charge in [-0.2, -0.15) is 0 Å².